The van der Waals surface area contributed by atoms with E-state index in [4.69, 9.17) is 4.74 Å². The zero-order chi connectivity index (χ0) is 11.5. The molecule has 1 unspecified atom stereocenters. The van der Waals surface area contributed by atoms with Crippen LogP contribution in [0, 0.1) is 0 Å². The Labute approximate surface area is 107 Å². The van der Waals surface area contributed by atoms with Crippen molar-refractivity contribution in [2.75, 3.05) is 18.1 Å². The molecule has 1 aromatic carbocycles. The lowest BCUT2D eigenvalue weighted by Gasteiger charge is -2.26. The number of thioether (sulfide) groups is 1. The van der Waals surface area contributed by atoms with E-state index >= 15 is 0 Å². The smallest absolute Gasteiger partial charge is 0.123 e. The van der Waals surface area contributed by atoms with E-state index in [1.807, 2.05) is 11.8 Å². The summed E-state index contributed by atoms with van der Waals surface area (Å²) < 4.78 is 6.21. The van der Waals surface area contributed by atoms with Crippen LogP contribution < -0.4 is 10.1 Å². The molecule has 2 nitrogen and oxygen atoms in total. The second-order valence-corrected chi connectivity index (χ2v) is 5.93. The minimum Gasteiger partial charge on any atom is -0.489 e. The minimum absolute atomic E-state index is 0.426. The standard InChI is InChI=1S/C14H19NOS/c1-3-11-9-15-7-6-13(11)14(5-1)16-12-4-2-8-17-10-12/h1,3,5,12,15H,2,4,6-10H2. The Hall–Kier alpha value is -0.670. The predicted molar refractivity (Wildman–Crippen MR) is 72.8 cm³/mol. The van der Waals surface area contributed by atoms with Gasteiger partial charge in [0.25, 0.3) is 0 Å². The number of benzene rings is 1. The zero-order valence-corrected chi connectivity index (χ0v) is 10.9. The van der Waals surface area contributed by atoms with E-state index in [2.05, 4.69) is 23.5 Å². The lowest BCUT2D eigenvalue weighted by molar-refractivity contribution is 0.208. The van der Waals surface area contributed by atoms with Crippen LogP contribution in [-0.4, -0.2) is 24.2 Å². The van der Waals surface area contributed by atoms with Gasteiger partial charge in [-0.25, -0.2) is 0 Å². The van der Waals surface area contributed by atoms with Gasteiger partial charge in [0, 0.05) is 12.3 Å². The molecule has 1 aromatic rings. The summed E-state index contributed by atoms with van der Waals surface area (Å²) in [7, 11) is 0. The molecule has 3 rings (SSSR count). The molecule has 0 radical (unpaired) electrons. The van der Waals surface area contributed by atoms with Crippen molar-refractivity contribution < 1.29 is 4.74 Å². The van der Waals surface area contributed by atoms with Crippen LogP contribution in [0.15, 0.2) is 18.2 Å². The first-order chi connectivity index (χ1) is 8.43. The second kappa shape index (κ2) is 5.32. The third kappa shape index (κ3) is 2.61. The number of hydrogen-bond acceptors (Lipinski definition) is 3. The normalized spacial score (nSPS) is 24.1. The van der Waals surface area contributed by atoms with Gasteiger partial charge >= 0.3 is 0 Å². The van der Waals surface area contributed by atoms with E-state index in [1.54, 1.807) is 0 Å². The highest BCUT2D eigenvalue weighted by atomic mass is 32.2. The van der Waals surface area contributed by atoms with Gasteiger partial charge in [-0.1, -0.05) is 12.1 Å². The van der Waals surface area contributed by atoms with Crippen molar-refractivity contribution >= 4 is 11.8 Å². The van der Waals surface area contributed by atoms with E-state index in [9.17, 15) is 0 Å². The summed E-state index contributed by atoms with van der Waals surface area (Å²) in [6.45, 7) is 2.07. The average Bonchev–Trinajstić information content (AvgIpc) is 2.40. The summed E-state index contributed by atoms with van der Waals surface area (Å²) in [4.78, 5) is 0. The molecular weight excluding hydrogens is 230 g/mol. The van der Waals surface area contributed by atoms with E-state index in [1.165, 1.54) is 29.7 Å². The number of fused-ring (bicyclic) bond motifs is 1. The fraction of sp³-hybridized carbons (Fsp3) is 0.571. The van der Waals surface area contributed by atoms with Crippen molar-refractivity contribution in [3.05, 3.63) is 29.3 Å². The van der Waals surface area contributed by atoms with Crippen LogP contribution in [0.2, 0.25) is 0 Å². The highest BCUT2D eigenvalue weighted by Crippen LogP contribution is 2.29. The molecule has 0 spiro atoms. The van der Waals surface area contributed by atoms with Crippen LogP contribution in [0.25, 0.3) is 0 Å². The molecule has 0 saturated carbocycles. The molecule has 2 aliphatic rings. The largest absolute Gasteiger partial charge is 0.489 e. The van der Waals surface area contributed by atoms with Gasteiger partial charge in [-0.2, -0.15) is 11.8 Å². The first kappa shape index (κ1) is 11.4. The van der Waals surface area contributed by atoms with Gasteiger partial charge in [0.1, 0.15) is 11.9 Å². The lowest BCUT2D eigenvalue weighted by Crippen LogP contribution is -2.27. The lowest BCUT2D eigenvalue weighted by atomic mass is 10.00. The van der Waals surface area contributed by atoms with Crippen LogP contribution >= 0.6 is 11.8 Å². The maximum atomic E-state index is 6.21. The molecule has 0 aliphatic carbocycles. The van der Waals surface area contributed by atoms with Crippen molar-refractivity contribution in [1.82, 2.24) is 5.32 Å². The minimum atomic E-state index is 0.426. The van der Waals surface area contributed by atoms with E-state index in [0.29, 0.717) is 6.10 Å². The number of ether oxygens (including phenoxy) is 1. The van der Waals surface area contributed by atoms with E-state index in [-0.39, 0.29) is 0 Å². The average molecular weight is 249 g/mol. The van der Waals surface area contributed by atoms with E-state index in [0.717, 1.165) is 31.0 Å². The molecule has 92 valence electrons. The van der Waals surface area contributed by atoms with Gasteiger partial charge < -0.3 is 10.1 Å². The molecular formula is C14H19NOS. The Kier molecular flexibility index (Phi) is 3.57. The van der Waals surface area contributed by atoms with Gasteiger partial charge in [-0.05, 0) is 48.8 Å². The third-order valence-electron chi connectivity index (χ3n) is 3.51. The molecule has 1 N–H and O–H groups in total. The number of rotatable bonds is 2. The Morgan fingerprint density at radius 1 is 1.35 bits per heavy atom. The monoisotopic (exact) mass is 249 g/mol. The van der Waals surface area contributed by atoms with Gasteiger partial charge in [-0.3, -0.25) is 0 Å². The summed E-state index contributed by atoms with van der Waals surface area (Å²) in [6, 6.07) is 6.48. The Morgan fingerprint density at radius 2 is 2.35 bits per heavy atom. The molecule has 2 aliphatic heterocycles. The first-order valence-electron chi connectivity index (χ1n) is 6.49. The molecule has 1 fully saturated rings. The van der Waals surface area contributed by atoms with Gasteiger partial charge in [0.2, 0.25) is 0 Å². The van der Waals surface area contributed by atoms with Gasteiger partial charge in [0.15, 0.2) is 0 Å². The third-order valence-corrected chi connectivity index (χ3v) is 4.69. The molecule has 0 bridgehead atoms. The Balaban J connectivity index is 1.77. The zero-order valence-electron chi connectivity index (χ0n) is 10.1. The number of hydrogen-bond donors (Lipinski definition) is 1. The summed E-state index contributed by atoms with van der Waals surface area (Å²) in [6.07, 6.45) is 4.04. The molecule has 0 aromatic heterocycles. The topological polar surface area (TPSA) is 21.3 Å². The SMILES string of the molecule is c1cc2c(c(OC3CCCSC3)c1)CCNC2. The molecule has 1 atom stereocenters. The Morgan fingerprint density at radius 3 is 3.24 bits per heavy atom. The first-order valence-corrected chi connectivity index (χ1v) is 7.65. The predicted octanol–water partition coefficient (Wildman–Crippen LogP) is 2.61. The summed E-state index contributed by atoms with van der Waals surface area (Å²) in [5.74, 6) is 3.59. The fourth-order valence-corrected chi connectivity index (χ4v) is 3.63. The van der Waals surface area contributed by atoms with Crippen molar-refractivity contribution in [1.29, 1.82) is 0 Å². The maximum absolute atomic E-state index is 6.21. The summed E-state index contributed by atoms with van der Waals surface area (Å²) in [5, 5.41) is 3.41. The summed E-state index contributed by atoms with van der Waals surface area (Å²) >= 11 is 2.02. The molecule has 3 heteroatoms. The molecule has 0 amide bonds. The second-order valence-electron chi connectivity index (χ2n) is 4.78. The Bertz CT molecular complexity index is 388. The maximum Gasteiger partial charge on any atom is 0.123 e. The highest BCUT2D eigenvalue weighted by molar-refractivity contribution is 7.99. The van der Waals surface area contributed by atoms with Gasteiger partial charge in [0.05, 0.1) is 0 Å². The molecule has 1 saturated heterocycles. The van der Waals surface area contributed by atoms with Crippen LogP contribution in [0.3, 0.4) is 0 Å². The number of nitrogens with one attached hydrogen (secondary N) is 1. The van der Waals surface area contributed by atoms with Crippen LogP contribution in [-0.2, 0) is 13.0 Å². The molecule has 2 heterocycles. The van der Waals surface area contributed by atoms with Crippen molar-refractivity contribution in [2.45, 2.75) is 31.9 Å². The highest BCUT2D eigenvalue weighted by Gasteiger charge is 2.19. The van der Waals surface area contributed by atoms with Crippen LogP contribution in [0.5, 0.6) is 5.75 Å². The molecule has 17 heavy (non-hydrogen) atoms. The summed E-state index contributed by atoms with van der Waals surface area (Å²) in [5.41, 5.74) is 2.85. The van der Waals surface area contributed by atoms with E-state index < -0.39 is 0 Å². The fourth-order valence-electron chi connectivity index (χ4n) is 2.59. The van der Waals surface area contributed by atoms with Gasteiger partial charge in [-0.15, -0.1) is 0 Å². The van der Waals surface area contributed by atoms with Crippen molar-refractivity contribution in [3.63, 3.8) is 0 Å². The van der Waals surface area contributed by atoms with Crippen LogP contribution in [0.4, 0.5) is 0 Å². The van der Waals surface area contributed by atoms with Crippen molar-refractivity contribution in [2.24, 2.45) is 0 Å². The quantitative estimate of drug-likeness (QED) is 0.870. The van der Waals surface area contributed by atoms with Crippen molar-refractivity contribution in [3.8, 4) is 5.75 Å². The van der Waals surface area contributed by atoms with Crippen LogP contribution in [0.1, 0.15) is 24.0 Å².